The van der Waals surface area contributed by atoms with E-state index in [0.717, 1.165) is 88.6 Å². The van der Waals surface area contributed by atoms with Crippen molar-refractivity contribution in [1.82, 2.24) is 34.5 Å². The summed E-state index contributed by atoms with van der Waals surface area (Å²) in [7, 11) is 0. The van der Waals surface area contributed by atoms with Gasteiger partial charge in [0.1, 0.15) is 12.1 Å². The first-order chi connectivity index (χ1) is 20.9. The van der Waals surface area contributed by atoms with Crippen LogP contribution >= 0.6 is 0 Å². The summed E-state index contributed by atoms with van der Waals surface area (Å²) in [6.45, 7) is 8.04. The summed E-state index contributed by atoms with van der Waals surface area (Å²) in [6, 6.07) is 13.0. The number of nitrogen functional groups attached to an aromatic ring is 1. The zero-order chi connectivity index (χ0) is 29.8. The number of rotatable bonds is 6. The minimum Gasteiger partial charge on any atom is -0.379 e. The Balaban J connectivity index is 1.11. The molecule has 3 aliphatic rings. The van der Waals surface area contributed by atoms with Crippen LogP contribution in [0.1, 0.15) is 44.6 Å². The molecule has 3 fully saturated rings. The van der Waals surface area contributed by atoms with Crippen molar-refractivity contribution in [3.63, 3.8) is 0 Å². The molecule has 13 nitrogen and oxygen atoms in total. The molecule has 4 heterocycles. The number of benzene rings is 1. The smallest absolute Gasteiger partial charge is 0.248 e. The second-order valence-electron chi connectivity index (χ2n) is 11.6. The molecule has 0 radical (unpaired) electrons. The average Bonchev–Trinajstić information content (AvgIpc) is 3.23. The molecule has 43 heavy (non-hydrogen) atoms. The van der Waals surface area contributed by atoms with E-state index in [1.807, 2.05) is 35.2 Å². The van der Waals surface area contributed by atoms with Crippen LogP contribution in [-0.2, 0) is 14.9 Å². The predicted molar refractivity (Wildman–Crippen MR) is 162 cm³/mol. The SMILES string of the molecule is CC(=O)N1CCCN(c2cc(-n3nc(Nc4ccc([C@]5(C#N)CC[C@H](N6CCOCC6)CC5)cc4)nc3N)ncn2)CC1. The average molecular weight is 586 g/mol. The van der Waals surface area contributed by atoms with Crippen LogP contribution in [0.25, 0.3) is 5.82 Å². The van der Waals surface area contributed by atoms with Gasteiger partial charge in [0.25, 0.3) is 0 Å². The van der Waals surface area contributed by atoms with Crippen LogP contribution in [0, 0.1) is 11.3 Å². The van der Waals surface area contributed by atoms with Crippen LogP contribution in [-0.4, -0.2) is 99.0 Å². The van der Waals surface area contributed by atoms with E-state index in [9.17, 15) is 10.1 Å². The van der Waals surface area contributed by atoms with Gasteiger partial charge in [-0.3, -0.25) is 9.69 Å². The number of nitrogens with two attached hydrogens (primary N) is 1. The molecule has 3 N–H and O–H groups in total. The van der Waals surface area contributed by atoms with Gasteiger partial charge in [0.2, 0.25) is 17.8 Å². The fourth-order valence-corrected chi connectivity index (χ4v) is 6.50. The van der Waals surface area contributed by atoms with E-state index >= 15 is 0 Å². The summed E-state index contributed by atoms with van der Waals surface area (Å²) in [5, 5.41) is 18.0. The van der Waals surface area contributed by atoms with Gasteiger partial charge in [-0.05, 0) is 49.8 Å². The first-order valence-electron chi connectivity index (χ1n) is 15.1. The van der Waals surface area contributed by atoms with Crippen LogP contribution in [0.3, 0.4) is 0 Å². The number of anilines is 4. The normalized spacial score (nSPS) is 23.4. The van der Waals surface area contributed by atoms with Gasteiger partial charge in [-0.25, -0.2) is 9.97 Å². The second kappa shape index (κ2) is 12.5. The third-order valence-corrected chi connectivity index (χ3v) is 9.03. The zero-order valence-corrected chi connectivity index (χ0v) is 24.7. The first-order valence-corrected chi connectivity index (χ1v) is 15.1. The van der Waals surface area contributed by atoms with E-state index in [4.69, 9.17) is 10.5 Å². The Kier molecular flexibility index (Phi) is 8.40. The molecule has 2 aliphatic heterocycles. The molecule has 226 valence electrons. The van der Waals surface area contributed by atoms with Gasteiger partial charge in [0.05, 0.1) is 24.7 Å². The Labute approximate surface area is 251 Å². The number of nitrogens with zero attached hydrogens (tertiary/aromatic N) is 9. The Hall–Kier alpha value is -4.28. The monoisotopic (exact) mass is 585 g/mol. The molecular formula is C30H39N11O2. The molecule has 1 aliphatic carbocycles. The standard InChI is InChI=1S/C30H39N11O2/c1-22(42)38-11-2-12-40(14-13-38)26-19-27(34-21-33-26)41-28(32)36-29(37-41)35-24-5-3-23(4-6-24)30(20-31)9-7-25(8-10-30)39-15-17-43-18-16-39/h3-6,19,21,25H,2,7-18H2,1H3,(H3,32,35,36,37)/t25-,30+. The van der Waals surface area contributed by atoms with E-state index in [0.29, 0.717) is 30.9 Å². The molecule has 2 aromatic heterocycles. The lowest BCUT2D eigenvalue weighted by atomic mass is 9.69. The van der Waals surface area contributed by atoms with Gasteiger partial charge in [-0.15, -0.1) is 5.10 Å². The number of ether oxygens (including phenoxy) is 1. The molecule has 1 amide bonds. The van der Waals surface area contributed by atoms with Gasteiger partial charge in [0.15, 0.2) is 5.82 Å². The summed E-state index contributed by atoms with van der Waals surface area (Å²) < 4.78 is 7.00. The summed E-state index contributed by atoms with van der Waals surface area (Å²) in [5.74, 6) is 1.89. The fourth-order valence-electron chi connectivity index (χ4n) is 6.50. The number of nitrogens with one attached hydrogen (secondary N) is 1. The van der Waals surface area contributed by atoms with Gasteiger partial charge in [-0.1, -0.05) is 12.1 Å². The van der Waals surface area contributed by atoms with Crippen LogP contribution in [0.5, 0.6) is 0 Å². The molecule has 0 bridgehead atoms. The number of hydrogen-bond donors (Lipinski definition) is 2. The minimum atomic E-state index is -0.464. The number of amides is 1. The molecule has 0 spiro atoms. The topological polar surface area (TPSA) is 154 Å². The highest BCUT2D eigenvalue weighted by molar-refractivity contribution is 5.73. The molecule has 0 atom stereocenters. The number of carbonyl (C=O) groups excluding carboxylic acids is 1. The molecule has 1 saturated carbocycles. The van der Waals surface area contributed by atoms with Crippen LogP contribution in [0.4, 0.5) is 23.4 Å². The van der Waals surface area contributed by atoms with Crippen LogP contribution < -0.4 is 16.0 Å². The van der Waals surface area contributed by atoms with Gasteiger partial charge in [-0.2, -0.15) is 14.9 Å². The van der Waals surface area contributed by atoms with Gasteiger partial charge < -0.3 is 25.6 Å². The lowest BCUT2D eigenvalue weighted by molar-refractivity contribution is -0.128. The predicted octanol–water partition coefficient (Wildman–Crippen LogP) is 2.48. The summed E-state index contributed by atoms with van der Waals surface area (Å²) in [5.41, 5.74) is 7.63. The Bertz CT molecular complexity index is 1450. The number of hydrogen-bond acceptors (Lipinski definition) is 11. The molecule has 3 aromatic rings. The van der Waals surface area contributed by atoms with Crippen molar-refractivity contribution >= 4 is 29.3 Å². The Morgan fingerprint density at radius 2 is 1.79 bits per heavy atom. The van der Waals surface area contributed by atoms with Crippen molar-refractivity contribution in [2.24, 2.45) is 0 Å². The van der Waals surface area contributed by atoms with E-state index < -0.39 is 5.41 Å². The molecule has 2 saturated heterocycles. The van der Waals surface area contributed by atoms with Crippen molar-refractivity contribution in [2.75, 3.05) is 68.4 Å². The number of nitriles is 1. The molecule has 6 rings (SSSR count). The van der Waals surface area contributed by atoms with Crippen molar-refractivity contribution < 1.29 is 9.53 Å². The third-order valence-electron chi connectivity index (χ3n) is 9.03. The maximum absolute atomic E-state index is 11.8. The van der Waals surface area contributed by atoms with Gasteiger partial charge >= 0.3 is 0 Å². The summed E-state index contributed by atoms with van der Waals surface area (Å²) >= 11 is 0. The number of carbonyl (C=O) groups is 1. The Morgan fingerprint density at radius 3 is 2.51 bits per heavy atom. The first kappa shape index (κ1) is 28.8. The third kappa shape index (κ3) is 6.25. The van der Waals surface area contributed by atoms with Crippen molar-refractivity contribution in [1.29, 1.82) is 5.26 Å². The van der Waals surface area contributed by atoms with Crippen molar-refractivity contribution in [2.45, 2.75) is 50.5 Å². The minimum absolute atomic E-state index is 0.0893. The van der Waals surface area contributed by atoms with E-state index in [1.165, 1.54) is 11.0 Å². The van der Waals surface area contributed by atoms with Gasteiger partial charge in [0, 0.05) is 64.0 Å². The van der Waals surface area contributed by atoms with Crippen LogP contribution in [0.2, 0.25) is 0 Å². The van der Waals surface area contributed by atoms with E-state index in [2.05, 4.69) is 41.2 Å². The maximum atomic E-state index is 11.8. The summed E-state index contributed by atoms with van der Waals surface area (Å²) in [6.07, 6.45) is 6.11. The molecule has 0 unspecified atom stereocenters. The molecule has 1 aromatic carbocycles. The highest BCUT2D eigenvalue weighted by Gasteiger charge is 2.39. The number of aromatic nitrogens is 5. The second-order valence-corrected chi connectivity index (χ2v) is 11.6. The maximum Gasteiger partial charge on any atom is 0.248 e. The lowest BCUT2D eigenvalue weighted by Crippen LogP contribution is -2.47. The van der Waals surface area contributed by atoms with E-state index in [-0.39, 0.29) is 11.9 Å². The number of morpholine rings is 1. The van der Waals surface area contributed by atoms with E-state index in [1.54, 1.807) is 6.92 Å². The largest absolute Gasteiger partial charge is 0.379 e. The summed E-state index contributed by atoms with van der Waals surface area (Å²) in [4.78, 5) is 31.6. The zero-order valence-electron chi connectivity index (χ0n) is 24.7. The van der Waals surface area contributed by atoms with Crippen LogP contribution in [0.15, 0.2) is 36.7 Å². The van der Waals surface area contributed by atoms with Crippen molar-refractivity contribution in [3.8, 4) is 11.9 Å². The fraction of sp³-hybridized carbons (Fsp3) is 0.533. The highest BCUT2D eigenvalue weighted by Crippen LogP contribution is 2.41. The highest BCUT2D eigenvalue weighted by atomic mass is 16.5. The lowest BCUT2D eigenvalue weighted by Gasteiger charge is -2.41. The quantitative estimate of drug-likeness (QED) is 0.438. The van der Waals surface area contributed by atoms with Crippen molar-refractivity contribution in [3.05, 3.63) is 42.2 Å². The molecular weight excluding hydrogens is 546 g/mol. The Morgan fingerprint density at radius 1 is 1.05 bits per heavy atom. The molecule has 13 heteroatoms.